The van der Waals surface area contributed by atoms with Crippen molar-refractivity contribution in [3.05, 3.63) is 0 Å². The normalized spacial score (nSPS) is 10.1. The first-order valence-corrected chi connectivity index (χ1v) is 5.22. The van der Waals surface area contributed by atoms with Gasteiger partial charge in [-0.25, -0.2) is 0 Å². The highest BCUT2D eigenvalue weighted by Crippen LogP contribution is 1.79. The maximum atomic E-state index is 9.49. The largest absolute Gasteiger partial charge is 0.550 e. The van der Waals surface area contributed by atoms with Gasteiger partial charge in [0.25, 0.3) is 0 Å². The monoisotopic (exact) mass is 221 g/mol. The van der Waals surface area contributed by atoms with Gasteiger partial charge in [0.05, 0.1) is 0 Å². The summed E-state index contributed by atoms with van der Waals surface area (Å²) >= 11 is 0. The fourth-order valence-electron chi connectivity index (χ4n) is 0.458. The molecule has 5 nitrogen and oxygen atoms in total. The Bertz CT molecular complexity index is 140. The summed E-state index contributed by atoms with van der Waals surface area (Å²) < 4.78 is 0. The third-order valence-corrected chi connectivity index (χ3v) is 1.11. The first-order valence-electron chi connectivity index (χ1n) is 5.22. The molecule has 0 fully saturated rings. The van der Waals surface area contributed by atoms with Crippen molar-refractivity contribution in [1.82, 2.24) is 0 Å². The second kappa shape index (κ2) is 11.4. The fraction of sp³-hybridized carbons (Fsp3) is 0.900. The van der Waals surface area contributed by atoms with Crippen LogP contribution in [0.2, 0.25) is 0 Å². The molecule has 0 saturated carbocycles. The number of carboxylic acid groups (broad SMARTS) is 1. The lowest BCUT2D eigenvalue weighted by Crippen LogP contribution is -2.84. The summed E-state index contributed by atoms with van der Waals surface area (Å²) in [6.45, 7) is 9.64. The van der Waals surface area contributed by atoms with E-state index in [0.717, 1.165) is 0 Å². The average molecular weight is 221 g/mol. The Balaban J connectivity index is 0. The lowest BCUT2D eigenvalue weighted by Gasteiger charge is -2.04. The van der Waals surface area contributed by atoms with Crippen molar-refractivity contribution in [3.8, 4) is 0 Å². The van der Waals surface area contributed by atoms with Crippen LogP contribution in [0, 0.1) is 0 Å². The van der Waals surface area contributed by atoms with Crippen molar-refractivity contribution in [2.24, 2.45) is 0 Å². The zero-order chi connectivity index (χ0) is 12.3. The number of carbonyl (C=O) groups is 1. The summed E-state index contributed by atoms with van der Waals surface area (Å²) in [5.74, 6) is -0.961. The molecule has 92 valence electrons. The number of nitrogens with two attached hydrogens (primary N) is 1. The molecule has 0 aliphatic carbocycles. The molecule has 0 heterocycles. The topological polar surface area (TPSA) is 75.2 Å². The molecule has 0 unspecified atom stereocenters. The average Bonchev–Trinajstić information content (AvgIpc) is 2.03. The number of quaternary nitrogens is 1. The van der Waals surface area contributed by atoms with Gasteiger partial charge in [0.1, 0.15) is 12.2 Å². The molecule has 0 radical (unpaired) electrons. The van der Waals surface area contributed by atoms with E-state index in [1.807, 2.05) is 27.7 Å². The fourth-order valence-corrected chi connectivity index (χ4v) is 0.458. The summed E-state index contributed by atoms with van der Waals surface area (Å²) in [5, 5.41) is 9.49. The highest BCUT2D eigenvalue weighted by Gasteiger charge is 1.98. The van der Waals surface area contributed by atoms with Gasteiger partial charge >= 0.3 is 0 Å². The third kappa shape index (κ3) is 24.7. The second-order valence-electron chi connectivity index (χ2n) is 3.59. The molecular weight excluding hydrogens is 198 g/mol. The Hall–Kier alpha value is -0.650. The number of carboxylic acids is 1. The van der Waals surface area contributed by atoms with Crippen LogP contribution in [0.3, 0.4) is 0 Å². The van der Waals surface area contributed by atoms with Gasteiger partial charge in [-0.1, -0.05) is 19.0 Å². The maximum absolute atomic E-state index is 9.49. The van der Waals surface area contributed by atoms with Gasteiger partial charge in [-0.2, -0.15) is 9.68 Å². The van der Waals surface area contributed by atoms with Crippen LogP contribution in [0.5, 0.6) is 0 Å². The summed E-state index contributed by atoms with van der Waals surface area (Å²) in [4.78, 5) is 19.5. The molecule has 0 bridgehead atoms. The molecule has 0 aromatic carbocycles. The third-order valence-electron chi connectivity index (χ3n) is 1.11. The van der Waals surface area contributed by atoms with E-state index in [-0.39, 0.29) is 18.6 Å². The minimum atomic E-state index is -0.961. The van der Waals surface area contributed by atoms with Gasteiger partial charge in [-0.15, -0.1) is 0 Å². The summed E-state index contributed by atoms with van der Waals surface area (Å²) in [6, 6.07) is 0. The van der Waals surface area contributed by atoms with Crippen molar-refractivity contribution in [3.63, 3.8) is 0 Å². The zero-order valence-corrected chi connectivity index (χ0v) is 10.3. The molecule has 0 rings (SSSR count). The Morgan fingerprint density at radius 1 is 1.20 bits per heavy atom. The first-order chi connectivity index (χ1) is 6.90. The van der Waals surface area contributed by atoms with Crippen molar-refractivity contribution in [2.75, 3.05) is 0 Å². The van der Waals surface area contributed by atoms with E-state index in [2.05, 4.69) is 0 Å². The van der Waals surface area contributed by atoms with E-state index in [1.165, 1.54) is 5.64 Å². The summed E-state index contributed by atoms with van der Waals surface area (Å²) in [7, 11) is 0. The van der Waals surface area contributed by atoms with Crippen LogP contribution in [0.25, 0.3) is 0 Å². The summed E-state index contributed by atoms with van der Waals surface area (Å²) in [5.41, 5.74) is 1.40. The zero-order valence-electron chi connectivity index (χ0n) is 10.3. The van der Waals surface area contributed by atoms with Crippen molar-refractivity contribution in [2.45, 2.75) is 59.7 Å². The Labute approximate surface area is 91.7 Å². The van der Waals surface area contributed by atoms with Gasteiger partial charge in [-0.3, -0.25) is 0 Å². The Kier molecular flexibility index (Phi) is 12.8. The Morgan fingerprint density at radius 3 is 1.73 bits per heavy atom. The molecule has 15 heavy (non-hydrogen) atoms. The molecule has 2 N–H and O–H groups in total. The van der Waals surface area contributed by atoms with Gasteiger partial charge in [0.2, 0.25) is 0 Å². The lowest BCUT2D eigenvalue weighted by atomic mass is 10.4. The number of hydrogen-bond acceptors (Lipinski definition) is 4. The van der Waals surface area contributed by atoms with E-state index < -0.39 is 5.97 Å². The van der Waals surface area contributed by atoms with Crippen LogP contribution in [0.4, 0.5) is 0 Å². The van der Waals surface area contributed by atoms with Crippen LogP contribution >= 0.6 is 0 Å². The molecule has 0 aromatic rings. The Morgan fingerprint density at radius 2 is 1.60 bits per heavy atom. The molecule has 5 heteroatoms. The van der Waals surface area contributed by atoms with E-state index in [4.69, 9.17) is 9.68 Å². The minimum Gasteiger partial charge on any atom is -0.550 e. The standard InChI is InChI=1S/C6H16NO2.C4H8O2/c1-5(2)8-7-9-6(3)4;1-2-3-4(5)6/h5-6H,7H2,1-4H3;2-3H2,1H3,(H,5,6)/q+1;/p-1. The van der Waals surface area contributed by atoms with Gasteiger partial charge < -0.3 is 9.90 Å². The predicted octanol–water partition coefficient (Wildman–Crippen LogP) is -0.234. The van der Waals surface area contributed by atoms with E-state index >= 15 is 0 Å². The molecular formula is C10H23NO4. The molecule has 0 atom stereocenters. The maximum Gasteiger partial charge on any atom is 0.115 e. The second-order valence-corrected chi connectivity index (χ2v) is 3.59. The highest BCUT2D eigenvalue weighted by atomic mass is 16.9. The van der Waals surface area contributed by atoms with E-state index in [1.54, 1.807) is 6.92 Å². The number of rotatable bonds is 6. The number of hydrogen-bond donors (Lipinski definition) is 1. The first kappa shape index (κ1) is 16.8. The van der Waals surface area contributed by atoms with Gasteiger partial charge in [0.15, 0.2) is 0 Å². The molecule has 0 spiro atoms. The van der Waals surface area contributed by atoms with Crippen LogP contribution in [-0.4, -0.2) is 18.2 Å². The molecule has 0 saturated heterocycles. The van der Waals surface area contributed by atoms with Gasteiger partial charge in [-0.05, 0) is 34.1 Å². The van der Waals surface area contributed by atoms with Crippen molar-refractivity contribution in [1.29, 1.82) is 0 Å². The van der Waals surface area contributed by atoms with Crippen LogP contribution < -0.4 is 10.7 Å². The number of carbonyl (C=O) groups excluding carboxylic acids is 1. The van der Waals surface area contributed by atoms with Crippen LogP contribution in [-0.2, 0) is 14.5 Å². The molecule has 0 amide bonds. The number of aliphatic carboxylic acids is 1. The van der Waals surface area contributed by atoms with Crippen molar-refractivity contribution < 1.29 is 25.2 Å². The molecule has 0 aliphatic heterocycles. The lowest BCUT2D eigenvalue weighted by molar-refractivity contribution is -1.08. The van der Waals surface area contributed by atoms with Crippen molar-refractivity contribution >= 4 is 5.97 Å². The van der Waals surface area contributed by atoms with E-state index in [9.17, 15) is 9.90 Å². The molecule has 0 aromatic heterocycles. The van der Waals surface area contributed by atoms with Crippen LogP contribution in [0.15, 0.2) is 0 Å². The quantitative estimate of drug-likeness (QED) is 0.628. The van der Waals surface area contributed by atoms with E-state index in [0.29, 0.717) is 6.42 Å². The summed E-state index contributed by atoms with van der Waals surface area (Å²) in [6.07, 6.45) is 1.27. The highest BCUT2D eigenvalue weighted by molar-refractivity contribution is 5.63. The SMILES string of the molecule is CC(C)O[NH2+]OC(C)C.CCCC(=O)[O-]. The minimum absolute atomic E-state index is 0.181. The van der Waals surface area contributed by atoms with Crippen LogP contribution in [0.1, 0.15) is 47.5 Å². The van der Waals surface area contributed by atoms with Gasteiger partial charge in [0, 0.05) is 5.97 Å². The molecule has 0 aliphatic rings. The smallest absolute Gasteiger partial charge is 0.115 e. The predicted molar refractivity (Wildman–Crippen MR) is 54.3 cm³/mol.